The largest absolute Gasteiger partial charge is 0.507 e. The molecule has 0 aliphatic carbocycles. The van der Waals surface area contributed by atoms with E-state index in [0.29, 0.717) is 0 Å². The van der Waals surface area contributed by atoms with Gasteiger partial charge in [-0.25, -0.2) is 4.79 Å². The number of esters is 1. The number of amides is 2. The lowest BCUT2D eigenvalue weighted by Gasteiger charge is -2.08. The highest BCUT2D eigenvalue weighted by Crippen LogP contribution is 2.22. The quantitative estimate of drug-likeness (QED) is 0.724. The van der Waals surface area contributed by atoms with Gasteiger partial charge in [-0.1, -0.05) is 11.6 Å². The highest BCUT2D eigenvalue weighted by molar-refractivity contribution is 6.30. The number of phenolic OH excluding ortho intramolecular Hbond substituents is 1. The van der Waals surface area contributed by atoms with Crippen LogP contribution in [0.25, 0.3) is 0 Å². The molecule has 0 spiro atoms. The Bertz CT molecular complexity index is 857. The molecular formula is C17H12ClF2NO6. The Balaban J connectivity index is 1.87. The smallest absolute Gasteiger partial charge is 0.387 e. The monoisotopic (exact) mass is 399 g/mol. The van der Waals surface area contributed by atoms with Crippen molar-refractivity contribution in [3.8, 4) is 11.5 Å². The molecule has 2 aromatic rings. The summed E-state index contributed by atoms with van der Waals surface area (Å²) in [7, 11) is 0. The number of alkyl halides is 2. The van der Waals surface area contributed by atoms with Gasteiger partial charge in [-0.15, -0.1) is 0 Å². The van der Waals surface area contributed by atoms with Crippen LogP contribution < -0.4 is 10.1 Å². The van der Waals surface area contributed by atoms with Gasteiger partial charge in [0.2, 0.25) is 0 Å². The summed E-state index contributed by atoms with van der Waals surface area (Å²) in [5, 5.41) is 11.8. The molecule has 0 aromatic heterocycles. The molecule has 2 aromatic carbocycles. The Morgan fingerprint density at radius 1 is 1.11 bits per heavy atom. The average Bonchev–Trinajstić information content (AvgIpc) is 2.59. The average molecular weight is 400 g/mol. The highest BCUT2D eigenvalue weighted by atomic mass is 35.5. The van der Waals surface area contributed by atoms with Crippen LogP contribution in [0.5, 0.6) is 11.5 Å². The Labute approximate surface area is 156 Å². The predicted octanol–water partition coefficient (Wildman–Crippen LogP) is 2.76. The SMILES string of the molecule is O=C(COC(=O)c1ccc(Cl)cc1O)NC(=O)c1ccc(OC(F)F)cc1. The molecule has 0 unspecified atom stereocenters. The molecule has 2 rings (SSSR count). The number of ether oxygens (including phenoxy) is 2. The van der Waals surface area contributed by atoms with Crippen LogP contribution in [0.2, 0.25) is 5.02 Å². The molecule has 27 heavy (non-hydrogen) atoms. The van der Waals surface area contributed by atoms with Gasteiger partial charge in [0.25, 0.3) is 11.8 Å². The normalized spacial score (nSPS) is 10.4. The first-order valence-electron chi connectivity index (χ1n) is 7.31. The maximum atomic E-state index is 12.1. The molecule has 2 N–H and O–H groups in total. The summed E-state index contributed by atoms with van der Waals surface area (Å²) in [4.78, 5) is 35.4. The highest BCUT2D eigenvalue weighted by Gasteiger charge is 2.16. The number of phenols is 1. The van der Waals surface area contributed by atoms with Gasteiger partial charge in [0.15, 0.2) is 6.61 Å². The summed E-state index contributed by atoms with van der Waals surface area (Å²) >= 11 is 5.64. The van der Waals surface area contributed by atoms with Crippen LogP contribution in [0.1, 0.15) is 20.7 Å². The number of imide groups is 1. The second-order valence-corrected chi connectivity index (χ2v) is 5.45. The lowest BCUT2D eigenvalue weighted by atomic mass is 10.2. The van der Waals surface area contributed by atoms with Gasteiger partial charge in [0.05, 0.1) is 0 Å². The van der Waals surface area contributed by atoms with E-state index in [1.807, 2.05) is 5.32 Å². The first-order chi connectivity index (χ1) is 12.8. The van der Waals surface area contributed by atoms with E-state index in [9.17, 15) is 28.3 Å². The number of benzene rings is 2. The zero-order valence-electron chi connectivity index (χ0n) is 13.4. The standard InChI is InChI=1S/C17H12ClF2NO6/c18-10-3-6-12(13(22)7-10)16(25)26-8-14(23)21-15(24)9-1-4-11(5-2-9)27-17(19)20/h1-7,17,22H,8H2,(H,21,23,24). The van der Waals surface area contributed by atoms with Crippen LogP contribution in [0.3, 0.4) is 0 Å². The van der Waals surface area contributed by atoms with Crippen molar-refractivity contribution in [3.05, 3.63) is 58.6 Å². The van der Waals surface area contributed by atoms with Crippen molar-refractivity contribution in [3.63, 3.8) is 0 Å². The molecule has 0 radical (unpaired) electrons. The molecule has 0 fully saturated rings. The van der Waals surface area contributed by atoms with Gasteiger partial charge in [-0.05, 0) is 42.5 Å². The minimum atomic E-state index is -3.00. The van der Waals surface area contributed by atoms with Gasteiger partial charge >= 0.3 is 12.6 Å². The van der Waals surface area contributed by atoms with E-state index in [0.717, 1.165) is 18.2 Å². The Morgan fingerprint density at radius 2 is 1.78 bits per heavy atom. The molecule has 0 saturated carbocycles. The molecule has 0 atom stereocenters. The number of hydrogen-bond donors (Lipinski definition) is 2. The second kappa shape index (κ2) is 8.95. The number of carbonyl (C=O) groups is 3. The maximum absolute atomic E-state index is 12.1. The number of halogens is 3. The third-order valence-electron chi connectivity index (χ3n) is 3.11. The van der Waals surface area contributed by atoms with Gasteiger partial charge in [-0.2, -0.15) is 8.78 Å². The van der Waals surface area contributed by atoms with E-state index in [-0.39, 0.29) is 21.9 Å². The van der Waals surface area contributed by atoms with E-state index < -0.39 is 36.8 Å². The number of aromatic hydroxyl groups is 1. The molecule has 142 valence electrons. The minimum Gasteiger partial charge on any atom is -0.507 e. The van der Waals surface area contributed by atoms with E-state index >= 15 is 0 Å². The Morgan fingerprint density at radius 3 is 2.37 bits per heavy atom. The van der Waals surface area contributed by atoms with Gasteiger partial charge in [0.1, 0.15) is 17.1 Å². The van der Waals surface area contributed by atoms with Crippen LogP contribution in [0.4, 0.5) is 8.78 Å². The van der Waals surface area contributed by atoms with E-state index in [1.165, 1.54) is 24.3 Å². The summed E-state index contributed by atoms with van der Waals surface area (Å²) in [6, 6.07) is 8.32. The lowest BCUT2D eigenvalue weighted by Crippen LogP contribution is -2.34. The van der Waals surface area contributed by atoms with Crippen LogP contribution in [-0.4, -0.2) is 36.1 Å². The van der Waals surface area contributed by atoms with Gasteiger partial charge in [-0.3, -0.25) is 14.9 Å². The molecule has 10 heteroatoms. The van der Waals surface area contributed by atoms with Gasteiger partial charge < -0.3 is 14.6 Å². The van der Waals surface area contributed by atoms with Crippen molar-refractivity contribution in [2.45, 2.75) is 6.61 Å². The summed E-state index contributed by atoms with van der Waals surface area (Å²) in [6.07, 6.45) is 0. The van der Waals surface area contributed by atoms with Crippen molar-refractivity contribution in [2.24, 2.45) is 0 Å². The zero-order valence-corrected chi connectivity index (χ0v) is 14.2. The number of nitrogens with one attached hydrogen (secondary N) is 1. The van der Waals surface area contributed by atoms with E-state index in [4.69, 9.17) is 16.3 Å². The first kappa shape index (κ1) is 20.1. The summed E-state index contributed by atoms with van der Waals surface area (Å²) in [5.74, 6) is -3.30. The van der Waals surface area contributed by atoms with Crippen LogP contribution in [-0.2, 0) is 9.53 Å². The first-order valence-corrected chi connectivity index (χ1v) is 7.68. The van der Waals surface area contributed by atoms with Crippen molar-refractivity contribution >= 4 is 29.4 Å². The fourth-order valence-corrected chi connectivity index (χ4v) is 2.08. The minimum absolute atomic E-state index is 0.00615. The lowest BCUT2D eigenvalue weighted by molar-refractivity contribution is -0.123. The summed E-state index contributed by atoms with van der Waals surface area (Å²) in [5.41, 5.74) is -0.195. The third kappa shape index (κ3) is 5.93. The molecule has 0 heterocycles. The van der Waals surface area contributed by atoms with Crippen LogP contribution in [0.15, 0.2) is 42.5 Å². The topological polar surface area (TPSA) is 102 Å². The maximum Gasteiger partial charge on any atom is 0.387 e. The number of rotatable bonds is 6. The molecule has 0 aliphatic heterocycles. The summed E-state index contributed by atoms with van der Waals surface area (Å²) in [6.45, 7) is -3.78. The van der Waals surface area contributed by atoms with Crippen molar-refractivity contribution in [1.29, 1.82) is 0 Å². The van der Waals surface area contributed by atoms with Crippen LogP contribution >= 0.6 is 11.6 Å². The Kier molecular flexibility index (Phi) is 6.67. The van der Waals surface area contributed by atoms with Crippen molar-refractivity contribution in [1.82, 2.24) is 5.32 Å². The molecule has 0 saturated heterocycles. The van der Waals surface area contributed by atoms with Crippen molar-refractivity contribution in [2.75, 3.05) is 6.61 Å². The fourth-order valence-electron chi connectivity index (χ4n) is 1.91. The fraction of sp³-hybridized carbons (Fsp3) is 0.118. The second-order valence-electron chi connectivity index (χ2n) is 5.02. The van der Waals surface area contributed by atoms with E-state index in [2.05, 4.69) is 4.74 Å². The third-order valence-corrected chi connectivity index (χ3v) is 3.34. The molecule has 7 nitrogen and oxygen atoms in total. The summed E-state index contributed by atoms with van der Waals surface area (Å²) < 4.78 is 33.0. The number of carbonyl (C=O) groups excluding carboxylic acids is 3. The zero-order chi connectivity index (χ0) is 20.0. The molecule has 0 bridgehead atoms. The van der Waals surface area contributed by atoms with E-state index in [1.54, 1.807) is 0 Å². The van der Waals surface area contributed by atoms with Crippen molar-refractivity contribution < 1.29 is 37.7 Å². The Hall–Kier alpha value is -3.20. The predicted molar refractivity (Wildman–Crippen MR) is 88.9 cm³/mol. The molecular weight excluding hydrogens is 388 g/mol. The molecule has 2 amide bonds. The number of hydrogen-bond acceptors (Lipinski definition) is 6. The van der Waals surface area contributed by atoms with Gasteiger partial charge in [0, 0.05) is 10.6 Å². The van der Waals surface area contributed by atoms with Crippen LogP contribution in [0, 0.1) is 0 Å². The molecule has 0 aliphatic rings.